The third-order valence-corrected chi connectivity index (χ3v) is 4.80. The Morgan fingerprint density at radius 1 is 1.32 bits per heavy atom. The quantitative estimate of drug-likeness (QED) is 0.555. The van der Waals surface area contributed by atoms with E-state index in [0.717, 1.165) is 27.7 Å². The summed E-state index contributed by atoms with van der Waals surface area (Å²) in [4.78, 5) is 19.8. The average molecular weight is 353 g/mol. The van der Waals surface area contributed by atoms with E-state index in [1.165, 1.54) is 0 Å². The van der Waals surface area contributed by atoms with Crippen LogP contribution in [-0.2, 0) is 11.3 Å². The summed E-state index contributed by atoms with van der Waals surface area (Å²) in [5.41, 5.74) is 4.58. The highest BCUT2D eigenvalue weighted by Crippen LogP contribution is 2.23. The van der Waals surface area contributed by atoms with Crippen LogP contribution in [0.2, 0.25) is 0 Å². The van der Waals surface area contributed by atoms with Gasteiger partial charge in [0, 0.05) is 22.0 Å². The number of nitrogens with zero attached hydrogens (tertiary/aromatic N) is 2. The van der Waals surface area contributed by atoms with Gasteiger partial charge in [-0.15, -0.1) is 0 Å². The van der Waals surface area contributed by atoms with E-state index in [9.17, 15) is 4.79 Å². The SMILES string of the molecule is Cc1[nH]c2ccc(C(=O)OCc3noc(-c4ccsc4)n3)cc2c1C. The van der Waals surface area contributed by atoms with E-state index in [1.54, 1.807) is 17.4 Å². The van der Waals surface area contributed by atoms with E-state index in [4.69, 9.17) is 9.26 Å². The summed E-state index contributed by atoms with van der Waals surface area (Å²) in [6, 6.07) is 7.36. The number of fused-ring (bicyclic) bond motifs is 1. The Morgan fingerprint density at radius 2 is 2.20 bits per heavy atom. The highest BCUT2D eigenvalue weighted by atomic mass is 32.1. The van der Waals surface area contributed by atoms with Crippen LogP contribution >= 0.6 is 11.3 Å². The van der Waals surface area contributed by atoms with Gasteiger partial charge in [-0.05, 0) is 49.1 Å². The zero-order valence-electron chi connectivity index (χ0n) is 13.7. The highest BCUT2D eigenvalue weighted by Gasteiger charge is 2.14. The Kier molecular flexibility index (Phi) is 3.85. The van der Waals surface area contributed by atoms with Gasteiger partial charge in [0.15, 0.2) is 6.61 Å². The molecule has 126 valence electrons. The lowest BCUT2D eigenvalue weighted by atomic mass is 10.1. The predicted octanol–water partition coefficient (Wildman–Crippen LogP) is 4.25. The van der Waals surface area contributed by atoms with Crippen molar-refractivity contribution < 1.29 is 14.1 Å². The molecule has 0 radical (unpaired) electrons. The maximum atomic E-state index is 12.3. The van der Waals surface area contributed by atoms with Gasteiger partial charge in [-0.3, -0.25) is 0 Å². The molecule has 1 N–H and O–H groups in total. The zero-order chi connectivity index (χ0) is 17.4. The third-order valence-electron chi connectivity index (χ3n) is 4.11. The number of hydrogen-bond acceptors (Lipinski definition) is 6. The summed E-state index contributed by atoms with van der Waals surface area (Å²) < 4.78 is 10.5. The molecule has 7 heteroatoms. The fourth-order valence-electron chi connectivity index (χ4n) is 2.62. The number of H-pyrrole nitrogens is 1. The van der Waals surface area contributed by atoms with Gasteiger partial charge in [0.2, 0.25) is 5.82 Å². The van der Waals surface area contributed by atoms with Crippen LogP contribution in [-0.4, -0.2) is 21.1 Å². The van der Waals surface area contributed by atoms with E-state index in [0.29, 0.717) is 17.3 Å². The van der Waals surface area contributed by atoms with Crippen molar-refractivity contribution >= 4 is 28.2 Å². The van der Waals surface area contributed by atoms with Crippen LogP contribution in [0.25, 0.3) is 22.4 Å². The summed E-state index contributed by atoms with van der Waals surface area (Å²) in [5.74, 6) is 0.346. The maximum Gasteiger partial charge on any atom is 0.338 e. The van der Waals surface area contributed by atoms with Crippen LogP contribution in [0.1, 0.15) is 27.4 Å². The number of hydrogen-bond donors (Lipinski definition) is 1. The van der Waals surface area contributed by atoms with Gasteiger partial charge in [-0.1, -0.05) is 5.16 Å². The van der Waals surface area contributed by atoms with Crippen molar-refractivity contribution in [1.29, 1.82) is 0 Å². The minimum absolute atomic E-state index is 0.0321. The molecule has 0 fully saturated rings. The van der Waals surface area contributed by atoms with E-state index in [1.807, 2.05) is 42.8 Å². The number of thiophene rings is 1. The number of aromatic nitrogens is 3. The molecular weight excluding hydrogens is 338 g/mol. The lowest BCUT2D eigenvalue weighted by Gasteiger charge is -2.02. The number of nitrogens with one attached hydrogen (secondary N) is 1. The van der Waals surface area contributed by atoms with Crippen LogP contribution in [0.15, 0.2) is 39.5 Å². The fourth-order valence-corrected chi connectivity index (χ4v) is 3.25. The molecular formula is C18H15N3O3S. The van der Waals surface area contributed by atoms with Crippen LogP contribution in [0.3, 0.4) is 0 Å². The molecule has 6 nitrogen and oxygen atoms in total. The molecule has 0 amide bonds. The van der Waals surface area contributed by atoms with Gasteiger partial charge in [-0.25, -0.2) is 4.79 Å². The van der Waals surface area contributed by atoms with Crippen molar-refractivity contribution in [2.75, 3.05) is 0 Å². The Bertz CT molecular complexity index is 1050. The third kappa shape index (κ3) is 2.94. The number of carbonyl (C=O) groups is 1. The van der Waals surface area contributed by atoms with Crippen molar-refractivity contribution in [3.63, 3.8) is 0 Å². The highest BCUT2D eigenvalue weighted by molar-refractivity contribution is 7.08. The minimum atomic E-state index is -0.415. The second-order valence-electron chi connectivity index (χ2n) is 5.74. The first-order chi connectivity index (χ1) is 12.1. The second kappa shape index (κ2) is 6.18. The first-order valence-electron chi connectivity index (χ1n) is 7.73. The monoisotopic (exact) mass is 353 g/mol. The molecule has 3 aromatic heterocycles. The number of aryl methyl sites for hydroxylation is 2. The number of rotatable bonds is 4. The van der Waals surface area contributed by atoms with Gasteiger partial charge in [0.05, 0.1) is 11.1 Å². The molecule has 4 aromatic rings. The molecule has 25 heavy (non-hydrogen) atoms. The van der Waals surface area contributed by atoms with Crippen molar-refractivity contribution in [2.24, 2.45) is 0 Å². The molecule has 0 atom stereocenters. The summed E-state index contributed by atoms with van der Waals surface area (Å²) in [7, 11) is 0. The topological polar surface area (TPSA) is 81.0 Å². The van der Waals surface area contributed by atoms with Gasteiger partial charge in [0.25, 0.3) is 5.89 Å². The van der Waals surface area contributed by atoms with Crippen LogP contribution < -0.4 is 0 Å². The minimum Gasteiger partial charge on any atom is -0.454 e. The standard InChI is InChI=1S/C18H15N3O3S/c1-10-11(2)19-15-4-3-12(7-14(10)15)18(22)23-8-16-20-17(24-21-16)13-5-6-25-9-13/h3-7,9,19H,8H2,1-2H3. The molecule has 0 aliphatic heterocycles. The Balaban J connectivity index is 1.48. The smallest absolute Gasteiger partial charge is 0.338 e. The molecule has 0 saturated carbocycles. The Morgan fingerprint density at radius 3 is 3.00 bits per heavy atom. The van der Waals surface area contributed by atoms with Crippen molar-refractivity contribution in [1.82, 2.24) is 15.1 Å². The number of carbonyl (C=O) groups excluding carboxylic acids is 1. The zero-order valence-corrected chi connectivity index (χ0v) is 14.5. The van der Waals surface area contributed by atoms with Gasteiger partial charge < -0.3 is 14.2 Å². The molecule has 0 aliphatic rings. The lowest BCUT2D eigenvalue weighted by molar-refractivity contribution is 0.0460. The second-order valence-corrected chi connectivity index (χ2v) is 6.52. The van der Waals surface area contributed by atoms with Crippen molar-refractivity contribution in [3.05, 3.63) is 57.7 Å². The van der Waals surface area contributed by atoms with E-state index >= 15 is 0 Å². The molecule has 0 unspecified atom stereocenters. The molecule has 0 saturated heterocycles. The largest absolute Gasteiger partial charge is 0.454 e. The number of esters is 1. The van der Waals surface area contributed by atoms with Crippen molar-refractivity contribution in [3.8, 4) is 11.5 Å². The predicted molar refractivity (Wildman–Crippen MR) is 94.5 cm³/mol. The normalized spacial score (nSPS) is 11.1. The summed E-state index contributed by atoms with van der Waals surface area (Å²) in [6.07, 6.45) is 0. The van der Waals surface area contributed by atoms with Gasteiger partial charge in [-0.2, -0.15) is 16.3 Å². The number of ether oxygens (including phenoxy) is 1. The molecule has 0 bridgehead atoms. The summed E-state index contributed by atoms with van der Waals surface area (Å²) in [5, 5.41) is 8.71. The van der Waals surface area contributed by atoms with Gasteiger partial charge >= 0.3 is 5.97 Å². The average Bonchev–Trinajstić information content (AvgIpc) is 3.34. The number of aromatic amines is 1. The van der Waals surface area contributed by atoms with E-state index in [-0.39, 0.29) is 6.61 Å². The first-order valence-corrected chi connectivity index (χ1v) is 8.67. The molecule has 3 heterocycles. The molecule has 0 spiro atoms. The first kappa shape index (κ1) is 15.6. The summed E-state index contributed by atoms with van der Waals surface area (Å²) >= 11 is 1.55. The van der Waals surface area contributed by atoms with E-state index < -0.39 is 5.97 Å². The molecule has 1 aromatic carbocycles. The lowest BCUT2D eigenvalue weighted by Crippen LogP contribution is -2.06. The number of benzene rings is 1. The maximum absolute atomic E-state index is 12.3. The van der Waals surface area contributed by atoms with Gasteiger partial charge in [0.1, 0.15) is 0 Å². The summed E-state index contributed by atoms with van der Waals surface area (Å²) in [6.45, 7) is 4.00. The Labute approximate surface area is 147 Å². The molecule has 4 rings (SSSR count). The molecule has 0 aliphatic carbocycles. The Hall–Kier alpha value is -2.93. The van der Waals surface area contributed by atoms with Crippen LogP contribution in [0.5, 0.6) is 0 Å². The van der Waals surface area contributed by atoms with Crippen LogP contribution in [0, 0.1) is 13.8 Å². The van der Waals surface area contributed by atoms with E-state index in [2.05, 4.69) is 15.1 Å². The van der Waals surface area contributed by atoms with Crippen molar-refractivity contribution in [2.45, 2.75) is 20.5 Å². The van der Waals surface area contributed by atoms with Crippen LogP contribution in [0.4, 0.5) is 0 Å². The fraction of sp³-hybridized carbons (Fsp3) is 0.167.